The van der Waals surface area contributed by atoms with Gasteiger partial charge >= 0.3 is 0 Å². The molecule has 1 saturated heterocycles. The molecule has 0 spiro atoms. The van der Waals surface area contributed by atoms with Crippen LogP contribution >= 0.6 is 0 Å². The van der Waals surface area contributed by atoms with Crippen LogP contribution in [0.5, 0.6) is 0 Å². The molecule has 0 aliphatic carbocycles. The van der Waals surface area contributed by atoms with E-state index in [1.54, 1.807) is 6.07 Å². The zero-order valence-corrected chi connectivity index (χ0v) is 19.0. The van der Waals surface area contributed by atoms with Crippen molar-refractivity contribution in [1.29, 1.82) is 0 Å². The lowest BCUT2D eigenvalue weighted by Crippen LogP contribution is -2.27. The van der Waals surface area contributed by atoms with E-state index in [-0.39, 0.29) is 11.9 Å². The highest BCUT2D eigenvalue weighted by molar-refractivity contribution is 5.94. The summed E-state index contributed by atoms with van der Waals surface area (Å²) in [6.07, 6.45) is 2.21. The summed E-state index contributed by atoms with van der Waals surface area (Å²) in [5.74, 6) is 1.60. The Kier molecular flexibility index (Phi) is 6.05. The second-order valence-corrected chi connectivity index (χ2v) is 8.30. The summed E-state index contributed by atoms with van der Waals surface area (Å²) < 4.78 is 7.33. The van der Waals surface area contributed by atoms with E-state index >= 15 is 0 Å². The van der Waals surface area contributed by atoms with Gasteiger partial charge in [0.25, 0.3) is 5.91 Å². The number of methoxy groups -OCH3 is 1. The monoisotopic (exact) mass is 458 g/mol. The average molecular weight is 459 g/mol. The van der Waals surface area contributed by atoms with Crippen molar-refractivity contribution < 1.29 is 9.53 Å². The molecule has 1 amide bonds. The molecular weight excluding hydrogens is 432 g/mol. The highest BCUT2D eigenvalue weighted by Crippen LogP contribution is 2.23. The fourth-order valence-electron chi connectivity index (χ4n) is 4.19. The number of ether oxygens (including phenoxy) is 1. The third-order valence-corrected chi connectivity index (χ3v) is 5.96. The van der Waals surface area contributed by atoms with Crippen molar-refractivity contribution in [2.45, 2.75) is 18.6 Å². The number of amides is 1. The first kappa shape index (κ1) is 21.8. The van der Waals surface area contributed by atoms with Gasteiger partial charge in [0.1, 0.15) is 5.82 Å². The number of hydrogen-bond donors (Lipinski definition) is 2. The number of benzene rings is 1. The van der Waals surface area contributed by atoms with Gasteiger partial charge in [-0.3, -0.25) is 4.79 Å². The number of anilines is 3. The molecule has 4 heterocycles. The van der Waals surface area contributed by atoms with Gasteiger partial charge in [-0.25, -0.2) is 0 Å². The molecule has 1 aromatic carbocycles. The summed E-state index contributed by atoms with van der Waals surface area (Å²) in [4.78, 5) is 14.8. The Bertz CT molecular complexity index is 1280. The Morgan fingerprint density at radius 2 is 1.85 bits per heavy atom. The standard InChI is InChI=1S/C24H26N8O2/c1-31-12-10-17-14-21(29-30-23(17)31)32-13-11-18(15-32)25-19-8-9-20(28-27-19)26-24(33)22(34-2)16-6-4-3-5-7-16/h3-10,12,14,18,22H,11,13,15H2,1-2H3,(H,25,27)(H,26,28,33)/t18-,22?/m1/s1. The van der Waals surface area contributed by atoms with Gasteiger partial charge in [0, 0.05) is 44.9 Å². The predicted octanol–water partition coefficient (Wildman–Crippen LogP) is 2.78. The fraction of sp³-hybridized carbons (Fsp3) is 0.292. The maximum atomic E-state index is 12.6. The molecule has 1 fully saturated rings. The number of nitrogens with zero attached hydrogens (tertiary/aromatic N) is 6. The lowest BCUT2D eigenvalue weighted by Gasteiger charge is -2.18. The van der Waals surface area contributed by atoms with Gasteiger partial charge in [0.15, 0.2) is 23.4 Å². The van der Waals surface area contributed by atoms with Crippen LogP contribution in [0.3, 0.4) is 0 Å². The highest BCUT2D eigenvalue weighted by Gasteiger charge is 2.25. The third-order valence-electron chi connectivity index (χ3n) is 5.96. The van der Waals surface area contributed by atoms with Gasteiger partial charge in [0.2, 0.25) is 0 Å². The molecule has 3 aromatic heterocycles. The van der Waals surface area contributed by atoms with Gasteiger partial charge in [-0.15, -0.1) is 20.4 Å². The summed E-state index contributed by atoms with van der Waals surface area (Å²) in [5, 5.41) is 24.4. The van der Waals surface area contributed by atoms with Gasteiger partial charge in [0.05, 0.1) is 0 Å². The minimum Gasteiger partial charge on any atom is -0.367 e. The number of rotatable bonds is 7. The van der Waals surface area contributed by atoms with Crippen molar-refractivity contribution >= 4 is 34.4 Å². The smallest absolute Gasteiger partial charge is 0.259 e. The number of nitrogens with one attached hydrogen (secondary N) is 2. The van der Waals surface area contributed by atoms with Crippen LogP contribution in [0.15, 0.2) is 60.8 Å². The summed E-state index contributed by atoms with van der Waals surface area (Å²) in [6.45, 7) is 1.67. The molecular formula is C24H26N8O2. The molecule has 2 N–H and O–H groups in total. The molecule has 34 heavy (non-hydrogen) atoms. The molecule has 2 atom stereocenters. The van der Waals surface area contributed by atoms with E-state index in [1.165, 1.54) is 7.11 Å². The van der Waals surface area contributed by atoms with Crippen LogP contribution in [0.25, 0.3) is 11.0 Å². The Morgan fingerprint density at radius 3 is 2.62 bits per heavy atom. The highest BCUT2D eigenvalue weighted by atomic mass is 16.5. The number of aromatic nitrogens is 5. The minimum atomic E-state index is -0.719. The van der Waals surface area contributed by atoms with E-state index in [1.807, 2.05) is 60.3 Å². The molecule has 10 heteroatoms. The quantitative estimate of drug-likeness (QED) is 0.435. The summed E-state index contributed by atoms with van der Waals surface area (Å²) >= 11 is 0. The first-order valence-electron chi connectivity index (χ1n) is 11.1. The maximum absolute atomic E-state index is 12.6. The lowest BCUT2D eigenvalue weighted by molar-refractivity contribution is -0.126. The van der Waals surface area contributed by atoms with Gasteiger partial charge in [-0.05, 0) is 36.2 Å². The number of carbonyl (C=O) groups excluding carboxylic acids is 1. The Balaban J connectivity index is 1.18. The number of fused-ring (bicyclic) bond motifs is 1. The van der Waals surface area contributed by atoms with Crippen molar-refractivity contribution in [3.63, 3.8) is 0 Å². The first-order chi connectivity index (χ1) is 16.6. The lowest BCUT2D eigenvalue weighted by atomic mass is 10.1. The van der Waals surface area contributed by atoms with Crippen molar-refractivity contribution in [2.75, 3.05) is 35.7 Å². The van der Waals surface area contributed by atoms with Crippen LogP contribution in [0.2, 0.25) is 0 Å². The fourth-order valence-corrected chi connectivity index (χ4v) is 4.19. The average Bonchev–Trinajstić information content (AvgIpc) is 3.48. The van der Waals surface area contributed by atoms with E-state index in [0.717, 1.165) is 41.9 Å². The van der Waals surface area contributed by atoms with E-state index in [0.29, 0.717) is 11.6 Å². The summed E-state index contributed by atoms with van der Waals surface area (Å²) in [6, 6.07) is 17.2. The minimum absolute atomic E-state index is 0.207. The van der Waals surface area contributed by atoms with E-state index in [2.05, 4.69) is 42.0 Å². The summed E-state index contributed by atoms with van der Waals surface area (Å²) in [7, 11) is 3.47. The van der Waals surface area contributed by atoms with E-state index in [9.17, 15) is 4.79 Å². The van der Waals surface area contributed by atoms with Crippen LogP contribution in [-0.2, 0) is 16.6 Å². The molecule has 0 saturated carbocycles. The number of carbonyl (C=O) groups is 1. The van der Waals surface area contributed by atoms with Crippen molar-refractivity contribution in [3.05, 3.63) is 66.4 Å². The van der Waals surface area contributed by atoms with E-state index < -0.39 is 6.10 Å². The largest absolute Gasteiger partial charge is 0.367 e. The van der Waals surface area contributed by atoms with Crippen molar-refractivity contribution in [3.8, 4) is 0 Å². The molecule has 4 aromatic rings. The Hall–Kier alpha value is -4.05. The van der Waals surface area contributed by atoms with Crippen LogP contribution in [0.1, 0.15) is 18.1 Å². The second-order valence-electron chi connectivity index (χ2n) is 8.30. The Labute approximate surface area is 197 Å². The van der Waals surface area contributed by atoms with Crippen LogP contribution < -0.4 is 15.5 Å². The van der Waals surface area contributed by atoms with Crippen molar-refractivity contribution in [2.24, 2.45) is 7.05 Å². The topological polar surface area (TPSA) is 110 Å². The zero-order valence-electron chi connectivity index (χ0n) is 19.0. The summed E-state index contributed by atoms with van der Waals surface area (Å²) in [5.41, 5.74) is 1.65. The van der Waals surface area contributed by atoms with E-state index in [4.69, 9.17) is 4.74 Å². The molecule has 10 nitrogen and oxygen atoms in total. The maximum Gasteiger partial charge on any atom is 0.259 e. The SMILES string of the molecule is COC(C(=O)Nc1ccc(N[C@@H]2CCN(c3cc4ccn(C)c4nn3)C2)nn1)c1ccccc1. The predicted molar refractivity (Wildman–Crippen MR) is 130 cm³/mol. The van der Waals surface area contributed by atoms with Gasteiger partial charge in [-0.1, -0.05) is 30.3 Å². The Morgan fingerprint density at radius 1 is 1.06 bits per heavy atom. The van der Waals surface area contributed by atoms with Crippen LogP contribution in [-0.4, -0.2) is 57.1 Å². The first-order valence-corrected chi connectivity index (χ1v) is 11.1. The molecule has 1 aliphatic rings. The van der Waals surface area contributed by atoms with Crippen molar-refractivity contribution in [1.82, 2.24) is 25.0 Å². The number of aryl methyl sites for hydroxylation is 1. The van der Waals surface area contributed by atoms with Crippen LogP contribution in [0, 0.1) is 0 Å². The van der Waals surface area contributed by atoms with Gasteiger partial charge < -0.3 is 24.8 Å². The second kappa shape index (κ2) is 9.44. The molecule has 0 radical (unpaired) electrons. The normalized spacial score (nSPS) is 16.5. The molecule has 5 rings (SSSR count). The third kappa shape index (κ3) is 4.53. The molecule has 174 valence electrons. The molecule has 0 bridgehead atoms. The van der Waals surface area contributed by atoms with Crippen LogP contribution in [0.4, 0.5) is 17.5 Å². The molecule has 1 unspecified atom stereocenters. The molecule has 1 aliphatic heterocycles. The zero-order chi connectivity index (χ0) is 23.5. The van der Waals surface area contributed by atoms with Gasteiger partial charge in [-0.2, -0.15) is 0 Å². The number of hydrogen-bond acceptors (Lipinski definition) is 8.